The van der Waals surface area contributed by atoms with E-state index in [1.807, 2.05) is 43.3 Å². The van der Waals surface area contributed by atoms with Crippen LogP contribution in [0.4, 0.5) is 5.69 Å². The molecule has 0 unspecified atom stereocenters. The number of aliphatic hydroxyl groups excluding tert-OH is 1. The van der Waals surface area contributed by atoms with E-state index in [1.54, 1.807) is 24.3 Å². The van der Waals surface area contributed by atoms with Gasteiger partial charge < -0.3 is 14.5 Å². The van der Waals surface area contributed by atoms with E-state index in [0.29, 0.717) is 33.6 Å². The summed E-state index contributed by atoms with van der Waals surface area (Å²) in [6, 6.07) is 14.4. The Bertz CT molecular complexity index is 898. The molecule has 2 aromatic carbocycles. The van der Waals surface area contributed by atoms with Gasteiger partial charge in [-0.1, -0.05) is 50.9 Å². The van der Waals surface area contributed by atoms with Gasteiger partial charge in [-0.05, 0) is 72.6 Å². The normalized spacial score (nSPS) is 24.6. The lowest BCUT2D eigenvalue weighted by Gasteiger charge is -2.40. The van der Waals surface area contributed by atoms with E-state index in [1.165, 1.54) is 0 Å². The molecule has 6 heteroatoms. The minimum atomic E-state index is -3.63. The smallest absolute Gasteiger partial charge is 0.264 e. The highest BCUT2D eigenvalue weighted by molar-refractivity contribution is 7.67. The van der Waals surface area contributed by atoms with Crippen LogP contribution in [-0.4, -0.2) is 25.3 Å². The molecule has 0 aliphatic heterocycles. The molecule has 1 aliphatic rings. The number of halogens is 1. The first-order valence-electron chi connectivity index (χ1n) is 11.1. The van der Waals surface area contributed by atoms with Gasteiger partial charge >= 0.3 is 0 Å². The van der Waals surface area contributed by atoms with Gasteiger partial charge in [-0.2, -0.15) is 0 Å². The fourth-order valence-electron chi connectivity index (χ4n) is 4.49. The zero-order valence-electron chi connectivity index (χ0n) is 19.2. The highest BCUT2D eigenvalue weighted by Gasteiger charge is 2.42. The van der Waals surface area contributed by atoms with Crippen LogP contribution in [0.25, 0.3) is 0 Å². The second-order valence-electron chi connectivity index (χ2n) is 9.40. The molecule has 3 rings (SSSR count). The Hall–Kier alpha value is -1.32. The summed E-state index contributed by atoms with van der Waals surface area (Å²) in [7, 11) is 0.297. The number of aliphatic hydroxyl groups is 1. The maximum absolute atomic E-state index is 14.5. The Balaban J connectivity index is 2.02. The average molecular weight is 464 g/mol. The van der Waals surface area contributed by atoms with Crippen LogP contribution in [0.15, 0.2) is 48.5 Å². The first kappa shape index (κ1) is 24.3. The number of hydrogen-bond acceptors (Lipinski definition) is 4. The van der Waals surface area contributed by atoms with E-state index in [-0.39, 0.29) is 6.10 Å². The van der Waals surface area contributed by atoms with E-state index in [9.17, 15) is 9.67 Å². The van der Waals surface area contributed by atoms with E-state index < -0.39 is 13.2 Å². The molecule has 0 aromatic heterocycles. The third-order valence-corrected chi connectivity index (χ3v) is 9.27. The van der Waals surface area contributed by atoms with E-state index in [2.05, 4.69) is 20.8 Å². The second kappa shape index (κ2) is 10.1. The number of anilines is 1. The van der Waals surface area contributed by atoms with Crippen LogP contribution in [0.3, 0.4) is 0 Å². The van der Waals surface area contributed by atoms with E-state index in [4.69, 9.17) is 16.1 Å². The fraction of sp³-hybridized carbons (Fsp3) is 0.520. The summed E-state index contributed by atoms with van der Waals surface area (Å²) in [6.07, 6.45) is 2.92. The molecular formula is C25H35ClNO3P. The van der Waals surface area contributed by atoms with Crippen molar-refractivity contribution in [1.29, 1.82) is 0 Å². The summed E-state index contributed by atoms with van der Waals surface area (Å²) in [6.45, 7) is 6.62. The highest BCUT2D eigenvalue weighted by Crippen LogP contribution is 2.60. The van der Waals surface area contributed by atoms with Gasteiger partial charge in [0.1, 0.15) is 0 Å². The van der Waals surface area contributed by atoms with Gasteiger partial charge in [0.05, 0.1) is 6.10 Å². The van der Waals surface area contributed by atoms with Gasteiger partial charge in [0.2, 0.25) is 0 Å². The number of hydrogen-bond donors (Lipinski definition) is 1. The van der Waals surface area contributed by atoms with Crippen LogP contribution in [0.2, 0.25) is 5.02 Å². The first-order valence-corrected chi connectivity index (χ1v) is 13.2. The predicted molar refractivity (Wildman–Crippen MR) is 131 cm³/mol. The summed E-state index contributed by atoms with van der Waals surface area (Å²) in [5, 5.41) is 12.5. The lowest BCUT2D eigenvalue weighted by atomic mass is 9.75. The molecule has 0 saturated heterocycles. The SMILES string of the molecule is CC(C)[C@@H]1CC[C@@H](C)C[C@H]1O[P@@](=O)(c1ccc(N(C)C)cc1)[C@H](O)c1ccc(Cl)cc1. The number of rotatable bonds is 7. The van der Waals surface area contributed by atoms with Crippen LogP contribution >= 0.6 is 19.0 Å². The fourth-order valence-corrected chi connectivity index (χ4v) is 6.91. The molecule has 31 heavy (non-hydrogen) atoms. The molecule has 2 aromatic rings. The van der Waals surface area contributed by atoms with Crippen LogP contribution in [0, 0.1) is 17.8 Å². The van der Waals surface area contributed by atoms with E-state index in [0.717, 1.165) is 24.9 Å². The average Bonchev–Trinajstić information content (AvgIpc) is 2.73. The highest BCUT2D eigenvalue weighted by atomic mass is 35.5. The number of benzene rings is 2. The van der Waals surface area contributed by atoms with Gasteiger partial charge in [0, 0.05) is 30.1 Å². The second-order valence-corrected chi connectivity index (χ2v) is 12.2. The van der Waals surface area contributed by atoms with Gasteiger partial charge in [-0.15, -0.1) is 0 Å². The third-order valence-electron chi connectivity index (χ3n) is 6.47. The van der Waals surface area contributed by atoms with Crippen molar-refractivity contribution in [3.63, 3.8) is 0 Å². The summed E-state index contributed by atoms with van der Waals surface area (Å²) < 4.78 is 21.0. The minimum absolute atomic E-state index is 0.148. The van der Waals surface area contributed by atoms with Crippen molar-refractivity contribution in [2.75, 3.05) is 19.0 Å². The zero-order valence-corrected chi connectivity index (χ0v) is 20.8. The summed E-state index contributed by atoms with van der Waals surface area (Å²) in [5.41, 5.74) is 1.55. The van der Waals surface area contributed by atoms with Crippen molar-refractivity contribution in [1.82, 2.24) is 0 Å². The van der Waals surface area contributed by atoms with Gasteiger partial charge in [0.15, 0.2) is 5.85 Å². The molecule has 1 saturated carbocycles. The van der Waals surface area contributed by atoms with Crippen molar-refractivity contribution in [3.05, 3.63) is 59.1 Å². The quantitative estimate of drug-likeness (QED) is 0.477. The molecule has 0 radical (unpaired) electrons. The van der Waals surface area contributed by atoms with Crippen molar-refractivity contribution in [3.8, 4) is 0 Å². The lowest BCUT2D eigenvalue weighted by molar-refractivity contribution is 0.0427. The van der Waals surface area contributed by atoms with Crippen LogP contribution in [-0.2, 0) is 9.09 Å². The number of nitrogens with zero attached hydrogens (tertiary/aromatic N) is 1. The van der Waals surface area contributed by atoms with E-state index >= 15 is 0 Å². The Morgan fingerprint density at radius 1 is 1.06 bits per heavy atom. The largest absolute Gasteiger partial charge is 0.378 e. The van der Waals surface area contributed by atoms with Gasteiger partial charge in [-0.25, -0.2) is 0 Å². The molecule has 0 amide bonds. The first-order chi connectivity index (χ1) is 14.6. The zero-order chi connectivity index (χ0) is 22.8. The molecule has 0 heterocycles. The Labute approximate surface area is 192 Å². The maximum Gasteiger partial charge on any atom is 0.264 e. The monoisotopic (exact) mass is 463 g/mol. The van der Waals surface area contributed by atoms with Crippen molar-refractivity contribution in [2.45, 2.75) is 52.0 Å². The molecule has 170 valence electrons. The van der Waals surface area contributed by atoms with Crippen LogP contribution in [0.1, 0.15) is 51.4 Å². The van der Waals surface area contributed by atoms with Crippen molar-refractivity contribution in [2.24, 2.45) is 17.8 Å². The van der Waals surface area contributed by atoms with Gasteiger partial charge in [-0.3, -0.25) is 4.57 Å². The topological polar surface area (TPSA) is 49.8 Å². The third kappa shape index (κ3) is 5.54. The molecule has 0 spiro atoms. The molecule has 1 aliphatic carbocycles. The van der Waals surface area contributed by atoms with Crippen LogP contribution in [0.5, 0.6) is 0 Å². The Morgan fingerprint density at radius 3 is 2.23 bits per heavy atom. The minimum Gasteiger partial charge on any atom is -0.378 e. The molecule has 1 N–H and O–H groups in total. The van der Waals surface area contributed by atoms with Crippen LogP contribution < -0.4 is 10.2 Å². The van der Waals surface area contributed by atoms with Crippen molar-refractivity contribution < 1.29 is 14.2 Å². The molecular weight excluding hydrogens is 429 g/mol. The summed E-state index contributed by atoms with van der Waals surface area (Å²) in [5.74, 6) is 0.00925. The predicted octanol–water partition coefficient (Wildman–Crippen LogP) is 6.48. The molecule has 5 atom stereocenters. The van der Waals surface area contributed by atoms with Gasteiger partial charge in [0.25, 0.3) is 7.37 Å². The standard InChI is InChI=1S/C25H35ClNO3P/c1-17(2)23-15-6-18(3)16-24(23)30-31(29,22-13-11-21(12-14-22)27(4)5)25(28)19-7-9-20(26)10-8-19/h7-14,17-18,23-25,28H,6,15-16H2,1-5H3/t18-,23+,24-,25+,31+/m1/s1. The molecule has 0 bridgehead atoms. The summed E-state index contributed by atoms with van der Waals surface area (Å²) >= 11 is 6.03. The Morgan fingerprint density at radius 2 is 1.68 bits per heavy atom. The maximum atomic E-state index is 14.5. The lowest BCUT2D eigenvalue weighted by Crippen LogP contribution is -2.35. The van der Waals surface area contributed by atoms with Crippen molar-refractivity contribution >= 4 is 30.0 Å². The Kier molecular flexibility index (Phi) is 7.91. The molecule has 4 nitrogen and oxygen atoms in total. The summed E-state index contributed by atoms with van der Waals surface area (Å²) in [4.78, 5) is 1.99. The molecule has 1 fully saturated rings.